The maximum atomic E-state index is 4.35. The van der Waals surface area contributed by atoms with Crippen LogP contribution in [-0.2, 0) is 4.84 Å². The summed E-state index contributed by atoms with van der Waals surface area (Å²) < 4.78 is 0. The van der Waals surface area contributed by atoms with Crippen molar-refractivity contribution in [3.8, 4) is 0 Å². The van der Waals surface area contributed by atoms with E-state index in [2.05, 4.69) is 29.6 Å². The maximum absolute atomic E-state index is 4.35. The minimum Gasteiger partial charge on any atom is -0.308 e. The quantitative estimate of drug-likeness (QED) is 0.509. The molecule has 0 bridgehead atoms. The molecule has 0 radical (unpaired) electrons. The molecule has 0 spiro atoms. The molecule has 3 nitrogen and oxygen atoms in total. The summed E-state index contributed by atoms with van der Waals surface area (Å²) in [6.45, 7) is 3.59. The second kappa shape index (κ2) is 5.65. The van der Waals surface area contributed by atoms with Crippen molar-refractivity contribution in [1.29, 1.82) is 0 Å². The zero-order valence-electron chi connectivity index (χ0n) is 7.13. The van der Waals surface area contributed by atoms with Crippen LogP contribution in [0.25, 0.3) is 0 Å². The molecular weight excluding hydrogens is 128 g/mol. The Morgan fingerprint density at radius 1 is 1.60 bits per heavy atom. The van der Waals surface area contributed by atoms with Gasteiger partial charge in [0.25, 0.3) is 0 Å². The van der Waals surface area contributed by atoms with Gasteiger partial charge in [0.1, 0.15) is 0 Å². The summed E-state index contributed by atoms with van der Waals surface area (Å²) >= 11 is 0. The third-order valence-electron chi connectivity index (χ3n) is 1.89. The molecule has 1 heterocycles. The van der Waals surface area contributed by atoms with E-state index in [4.69, 9.17) is 0 Å². The van der Waals surface area contributed by atoms with E-state index in [-0.39, 0.29) is 0 Å². The van der Waals surface area contributed by atoms with Crippen LogP contribution in [0, 0.1) is 0 Å². The standard InChI is InChI=1S/C6H13N.CH5NO/c1-6-4-3-5-7(6)2;1-3-2/h6H,3-5H2,1-2H3;2H2,1H3. The van der Waals surface area contributed by atoms with Gasteiger partial charge in [-0.2, -0.15) is 0 Å². The molecule has 1 aliphatic heterocycles. The Balaban J connectivity index is 0.000000236. The lowest BCUT2D eigenvalue weighted by Crippen LogP contribution is -2.20. The molecule has 2 N–H and O–H groups in total. The molecule has 3 heteroatoms. The van der Waals surface area contributed by atoms with E-state index in [1.807, 2.05) is 0 Å². The van der Waals surface area contributed by atoms with Crippen LogP contribution < -0.4 is 5.90 Å². The molecule has 1 unspecified atom stereocenters. The minimum atomic E-state index is 0.847. The Hall–Kier alpha value is -0.120. The maximum Gasteiger partial charge on any atom is 0.0569 e. The van der Waals surface area contributed by atoms with Crippen LogP contribution in [0.4, 0.5) is 0 Å². The van der Waals surface area contributed by atoms with E-state index >= 15 is 0 Å². The van der Waals surface area contributed by atoms with Crippen molar-refractivity contribution >= 4 is 0 Å². The fourth-order valence-electron chi connectivity index (χ4n) is 1.08. The zero-order valence-corrected chi connectivity index (χ0v) is 7.13. The number of nitrogens with two attached hydrogens (primary N) is 1. The topological polar surface area (TPSA) is 38.5 Å². The Kier molecular flexibility index (Phi) is 5.58. The van der Waals surface area contributed by atoms with Crippen LogP contribution in [0.5, 0.6) is 0 Å². The molecule has 10 heavy (non-hydrogen) atoms. The smallest absolute Gasteiger partial charge is 0.0569 e. The first kappa shape index (κ1) is 9.88. The second-order valence-electron chi connectivity index (χ2n) is 2.71. The first-order valence-electron chi connectivity index (χ1n) is 3.65. The van der Waals surface area contributed by atoms with Gasteiger partial charge in [0.05, 0.1) is 7.11 Å². The average Bonchev–Trinajstić information content (AvgIpc) is 2.19. The second-order valence-corrected chi connectivity index (χ2v) is 2.71. The Bertz CT molecular complexity index is 70.0. The number of hydrogen-bond acceptors (Lipinski definition) is 3. The fourth-order valence-corrected chi connectivity index (χ4v) is 1.08. The monoisotopic (exact) mass is 146 g/mol. The van der Waals surface area contributed by atoms with Gasteiger partial charge in [-0.25, -0.2) is 5.90 Å². The highest BCUT2D eigenvalue weighted by atomic mass is 16.6. The van der Waals surface area contributed by atoms with Gasteiger partial charge in [-0.15, -0.1) is 0 Å². The van der Waals surface area contributed by atoms with Crippen molar-refractivity contribution in [1.82, 2.24) is 4.90 Å². The zero-order chi connectivity index (χ0) is 7.98. The summed E-state index contributed by atoms with van der Waals surface area (Å²) in [5.41, 5.74) is 0. The van der Waals surface area contributed by atoms with E-state index in [0.717, 1.165) is 6.04 Å². The van der Waals surface area contributed by atoms with Gasteiger partial charge < -0.3 is 9.74 Å². The average molecular weight is 146 g/mol. The lowest BCUT2D eigenvalue weighted by molar-refractivity contribution is 0.206. The van der Waals surface area contributed by atoms with E-state index in [0.29, 0.717) is 0 Å². The summed E-state index contributed by atoms with van der Waals surface area (Å²) in [7, 11) is 3.59. The number of rotatable bonds is 0. The fraction of sp³-hybridized carbons (Fsp3) is 1.00. The van der Waals surface area contributed by atoms with Gasteiger partial charge in [-0.3, -0.25) is 0 Å². The molecule has 0 aromatic heterocycles. The Morgan fingerprint density at radius 3 is 2.20 bits per heavy atom. The molecule has 1 aliphatic rings. The molecule has 0 aromatic rings. The van der Waals surface area contributed by atoms with E-state index in [1.165, 1.54) is 26.5 Å². The van der Waals surface area contributed by atoms with Crippen LogP contribution >= 0.6 is 0 Å². The van der Waals surface area contributed by atoms with E-state index in [1.54, 1.807) is 0 Å². The van der Waals surface area contributed by atoms with Crippen LogP contribution in [0.3, 0.4) is 0 Å². The molecule has 0 aliphatic carbocycles. The molecule has 1 atom stereocenters. The SMILES string of the molecule is CC1CCCN1C.CON. The normalized spacial score (nSPS) is 25.8. The van der Waals surface area contributed by atoms with Gasteiger partial charge >= 0.3 is 0 Å². The van der Waals surface area contributed by atoms with Crippen molar-refractivity contribution in [3.63, 3.8) is 0 Å². The van der Waals surface area contributed by atoms with E-state index < -0.39 is 0 Å². The molecule has 0 saturated carbocycles. The lowest BCUT2D eigenvalue weighted by atomic mass is 10.3. The highest BCUT2D eigenvalue weighted by molar-refractivity contribution is 4.70. The summed E-state index contributed by atoms with van der Waals surface area (Å²) in [5, 5.41) is 0. The largest absolute Gasteiger partial charge is 0.308 e. The van der Waals surface area contributed by atoms with Gasteiger partial charge in [0.15, 0.2) is 0 Å². The summed E-state index contributed by atoms with van der Waals surface area (Å²) in [4.78, 5) is 6.15. The molecule has 1 fully saturated rings. The predicted molar refractivity (Wildman–Crippen MR) is 42.5 cm³/mol. The van der Waals surface area contributed by atoms with Crippen molar-refractivity contribution in [3.05, 3.63) is 0 Å². The number of hydrogen-bond donors (Lipinski definition) is 1. The van der Waals surface area contributed by atoms with Gasteiger partial charge in [0, 0.05) is 6.04 Å². The predicted octanol–water partition coefficient (Wildman–Crippen LogP) is 0.607. The van der Waals surface area contributed by atoms with Crippen molar-refractivity contribution in [2.75, 3.05) is 20.7 Å². The van der Waals surface area contributed by atoms with Crippen LogP contribution in [0.2, 0.25) is 0 Å². The number of nitrogens with zero attached hydrogens (tertiary/aromatic N) is 1. The van der Waals surface area contributed by atoms with Crippen molar-refractivity contribution in [2.24, 2.45) is 5.90 Å². The summed E-state index contributed by atoms with van der Waals surface area (Å²) in [5.74, 6) is 4.35. The van der Waals surface area contributed by atoms with Crippen LogP contribution in [0.1, 0.15) is 19.8 Å². The highest BCUT2D eigenvalue weighted by Gasteiger charge is 2.14. The van der Waals surface area contributed by atoms with E-state index in [9.17, 15) is 0 Å². The molecule has 0 aromatic carbocycles. The third kappa shape index (κ3) is 3.82. The number of likely N-dealkylation sites (tertiary alicyclic amines) is 1. The molecule has 1 rings (SSSR count). The van der Waals surface area contributed by atoms with Crippen LogP contribution in [0.15, 0.2) is 0 Å². The summed E-state index contributed by atoms with van der Waals surface area (Å²) in [6, 6.07) is 0.847. The van der Waals surface area contributed by atoms with Crippen molar-refractivity contribution in [2.45, 2.75) is 25.8 Å². The first-order chi connectivity index (χ1) is 4.72. The molecular formula is C7H18N2O. The first-order valence-corrected chi connectivity index (χ1v) is 3.65. The Labute approximate surface area is 63.1 Å². The van der Waals surface area contributed by atoms with Crippen molar-refractivity contribution < 1.29 is 4.84 Å². The Morgan fingerprint density at radius 2 is 2.10 bits per heavy atom. The molecule has 62 valence electrons. The van der Waals surface area contributed by atoms with Gasteiger partial charge in [0.2, 0.25) is 0 Å². The molecule has 0 amide bonds. The highest BCUT2D eigenvalue weighted by Crippen LogP contribution is 2.12. The summed E-state index contributed by atoms with van der Waals surface area (Å²) in [6.07, 6.45) is 2.80. The lowest BCUT2D eigenvalue weighted by Gasteiger charge is -2.12. The minimum absolute atomic E-state index is 0.847. The van der Waals surface area contributed by atoms with Gasteiger partial charge in [-0.1, -0.05) is 0 Å². The third-order valence-corrected chi connectivity index (χ3v) is 1.89. The molecule has 1 saturated heterocycles. The van der Waals surface area contributed by atoms with Gasteiger partial charge in [-0.05, 0) is 33.4 Å². The van der Waals surface area contributed by atoms with Crippen LogP contribution in [-0.4, -0.2) is 31.6 Å².